The zero-order chi connectivity index (χ0) is 20.1. The van der Waals surface area contributed by atoms with Crippen molar-refractivity contribution in [1.29, 1.82) is 0 Å². The minimum absolute atomic E-state index is 0.0107. The molecule has 3 aromatic rings. The summed E-state index contributed by atoms with van der Waals surface area (Å²) in [6.07, 6.45) is 3.23. The summed E-state index contributed by atoms with van der Waals surface area (Å²) < 4.78 is 5.66. The molecule has 3 heterocycles. The molecule has 1 atom stereocenters. The second kappa shape index (κ2) is 9.33. The number of nitrogens with zero attached hydrogens (tertiary/aromatic N) is 3. The normalized spacial score (nSPS) is 15.5. The molecule has 1 aliphatic heterocycles. The molecule has 0 bridgehead atoms. The summed E-state index contributed by atoms with van der Waals surface area (Å²) in [6.45, 7) is 4.88. The summed E-state index contributed by atoms with van der Waals surface area (Å²) in [5.41, 5.74) is 3.43. The lowest BCUT2D eigenvalue weighted by Gasteiger charge is -2.28. The number of rotatable bonds is 8. The van der Waals surface area contributed by atoms with Crippen LogP contribution in [0.5, 0.6) is 0 Å². The number of thiophene rings is 1. The monoisotopic (exact) mass is 410 g/mol. The highest BCUT2D eigenvalue weighted by Gasteiger charge is 2.24. The highest BCUT2D eigenvalue weighted by molar-refractivity contribution is 7.08. The Morgan fingerprint density at radius 3 is 2.72 bits per heavy atom. The summed E-state index contributed by atoms with van der Waals surface area (Å²) >= 11 is 1.58. The van der Waals surface area contributed by atoms with Crippen LogP contribution in [0.4, 0.5) is 0 Å². The van der Waals surface area contributed by atoms with Gasteiger partial charge in [-0.15, -0.1) is 10.2 Å². The van der Waals surface area contributed by atoms with Gasteiger partial charge in [-0.1, -0.05) is 29.8 Å². The van der Waals surface area contributed by atoms with E-state index in [9.17, 15) is 4.79 Å². The Hall–Kier alpha value is -2.51. The van der Waals surface area contributed by atoms with Gasteiger partial charge in [0.2, 0.25) is 17.7 Å². The molecular weight excluding hydrogens is 384 g/mol. The second-order valence-electron chi connectivity index (χ2n) is 7.49. The fraction of sp³-hybridized carbons (Fsp3) is 0.409. The maximum Gasteiger partial charge on any atom is 0.248 e. The predicted molar refractivity (Wildman–Crippen MR) is 114 cm³/mol. The molecule has 1 fully saturated rings. The van der Waals surface area contributed by atoms with Crippen LogP contribution in [0.1, 0.15) is 42.3 Å². The van der Waals surface area contributed by atoms with E-state index in [2.05, 4.69) is 51.6 Å². The van der Waals surface area contributed by atoms with Crippen molar-refractivity contribution in [1.82, 2.24) is 20.4 Å². The van der Waals surface area contributed by atoms with Gasteiger partial charge in [-0.05, 0) is 49.9 Å². The molecule has 0 radical (unpaired) electrons. The Balaban J connectivity index is 1.31. The highest BCUT2D eigenvalue weighted by Crippen LogP contribution is 2.25. The van der Waals surface area contributed by atoms with Crippen molar-refractivity contribution in [3.05, 3.63) is 58.1 Å². The molecule has 0 saturated carbocycles. The van der Waals surface area contributed by atoms with Crippen LogP contribution in [0.15, 0.2) is 45.5 Å². The van der Waals surface area contributed by atoms with Crippen LogP contribution >= 0.6 is 11.3 Å². The van der Waals surface area contributed by atoms with Crippen LogP contribution in [-0.4, -0.2) is 40.6 Å². The number of benzene rings is 1. The van der Waals surface area contributed by atoms with E-state index in [1.54, 1.807) is 11.3 Å². The van der Waals surface area contributed by atoms with Crippen molar-refractivity contribution in [3.8, 4) is 11.5 Å². The summed E-state index contributed by atoms with van der Waals surface area (Å²) in [5.74, 6) is 1.02. The molecule has 7 heteroatoms. The van der Waals surface area contributed by atoms with Gasteiger partial charge in [-0.3, -0.25) is 9.69 Å². The molecule has 1 aliphatic rings. The van der Waals surface area contributed by atoms with E-state index >= 15 is 0 Å². The fourth-order valence-corrected chi connectivity index (χ4v) is 4.31. The zero-order valence-electron chi connectivity index (χ0n) is 16.6. The van der Waals surface area contributed by atoms with Crippen LogP contribution in [0.25, 0.3) is 11.5 Å². The average molecular weight is 411 g/mol. The Bertz CT molecular complexity index is 915. The van der Waals surface area contributed by atoms with E-state index < -0.39 is 0 Å². The van der Waals surface area contributed by atoms with E-state index in [0.29, 0.717) is 31.2 Å². The molecule has 1 amide bonds. The molecule has 2 aromatic heterocycles. The SMILES string of the molecule is Cc1ccc(C(CNC(=O)CCc2nnc(-c3ccsc3)o2)N2CCCC2)cc1. The van der Waals surface area contributed by atoms with Gasteiger partial charge in [-0.25, -0.2) is 0 Å². The van der Waals surface area contributed by atoms with Gasteiger partial charge in [-0.2, -0.15) is 11.3 Å². The first-order valence-electron chi connectivity index (χ1n) is 10.1. The van der Waals surface area contributed by atoms with E-state index in [4.69, 9.17) is 4.42 Å². The number of hydrogen-bond acceptors (Lipinski definition) is 6. The lowest BCUT2D eigenvalue weighted by atomic mass is 10.0. The van der Waals surface area contributed by atoms with Crippen LogP contribution in [-0.2, 0) is 11.2 Å². The van der Waals surface area contributed by atoms with Crippen molar-refractivity contribution in [2.24, 2.45) is 0 Å². The number of amides is 1. The lowest BCUT2D eigenvalue weighted by molar-refractivity contribution is -0.121. The van der Waals surface area contributed by atoms with E-state index in [1.165, 1.54) is 24.0 Å². The summed E-state index contributed by atoms with van der Waals surface area (Å²) in [6, 6.07) is 10.8. The first-order chi connectivity index (χ1) is 14.2. The first kappa shape index (κ1) is 19.8. The molecule has 1 N–H and O–H groups in total. The Morgan fingerprint density at radius 1 is 1.21 bits per heavy atom. The van der Waals surface area contributed by atoms with Crippen LogP contribution < -0.4 is 5.32 Å². The van der Waals surface area contributed by atoms with Gasteiger partial charge >= 0.3 is 0 Å². The fourth-order valence-electron chi connectivity index (χ4n) is 3.68. The predicted octanol–water partition coefficient (Wildman–Crippen LogP) is 3.99. The van der Waals surface area contributed by atoms with E-state index in [0.717, 1.165) is 18.7 Å². The second-order valence-corrected chi connectivity index (χ2v) is 8.27. The van der Waals surface area contributed by atoms with E-state index in [-0.39, 0.29) is 11.9 Å². The topological polar surface area (TPSA) is 71.3 Å². The van der Waals surface area contributed by atoms with Crippen LogP contribution in [0, 0.1) is 6.92 Å². The third kappa shape index (κ3) is 5.10. The molecule has 0 aliphatic carbocycles. The van der Waals surface area contributed by atoms with Gasteiger partial charge in [0.05, 0.1) is 6.04 Å². The first-order valence-corrected chi connectivity index (χ1v) is 11.1. The van der Waals surface area contributed by atoms with Crippen molar-refractivity contribution in [2.45, 2.75) is 38.6 Å². The quantitative estimate of drug-likeness (QED) is 0.608. The molecule has 4 rings (SSSR count). The molecule has 1 saturated heterocycles. The summed E-state index contributed by atoms with van der Waals surface area (Å²) in [5, 5.41) is 15.2. The van der Waals surface area contributed by atoms with Crippen LogP contribution in [0.3, 0.4) is 0 Å². The number of aryl methyl sites for hydroxylation is 2. The maximum atomic E-state index is 12.4. The summed E-state index contributed by atoms with van der Waals surface area (Å²) in [4.78, 5) is 14.9. The average Bonchev–Trinajstić information content (AvgIpc) is 3.49. The van der Waals surface area contributed by atoms with Gasteiger partial charge in [0.15, 0.2) is 0 Å². The standard InChI is InChI=1S/C22H26N4O2S/c1-16-4-6-17(7-5-16)19(26-11-2-3-12-26)14-23-20(27)8-9-21-24-25-22(28-21)18-10-13-29-15-18/h4-7,10,13,15,19H,2-3,8-9,11-12,14H2,1H3,(H,23,27). The van der Waals surface area contributed by atoms with E-state index in [1.807, 2.05) is 16.8 Å². The molecule has 6 nitrogen and oxygen atoms in total. The Kier molecular flexibility index (Phi) is 6.36. The Labute approximate surface area is 175 Å². The molecule has 29 heavy (non-hydrogen) atoms. The highest BCUT2D eigenvalue weighted by atomic mass is 32.1. The third-order valence-electron chi connectivity index (χ3n) is 5.34. The largest absolute Gasteiger partial charge is 0.421 e. The minimum Gasteiger partial charge on any atom is -0.421 e. The van der Waals surface area contributed by atoms with Crippen molar-refractivity contribution in [3.63, 3.8) is 0 Å². The number of nitrogens with one attached hydrogen (secondary N) is 1. The molecule has 152 valence electrons. The van der Waals surface area contributed by atoms with Crippen molar-refractivity contribution < 1.29 is 9.21 Å². The zero-order valence-corrected chi connectivity index (χ0v) is 17.5. The van der Waals surface area contributed by atoms with Crippen molar-refractivity contribution in [2.75, 3.05) is 19.6 Å². The number of likely N-dealkylation sites (tertiary alicyclic amines) is 1. The lowest BCUT2D eigenvalue weighted by Crippen LogP contribution is -2.36. The Morgan fingerprint density at radius 2 is 2.00 bits per heavy atom. The third-order valence-corrected chi connectivity index (χ3v) is 6.02. The van der Waals surface area contributed by atoms with Gasteiger partial charge < -0.3 is 9.73 Å². The van der Waals surface area contributed by atoms with Gasteiger partial charge in [0.1, 0.15) is 0 Å². The minimum atomic E-state index is 0.0107. The molecule has 0 spiro atoms. The molecule has 1 aromatic carbocycles. The number of hydrogen-bond donors (Lipinski definition) is 1. The molecule has 1 unspecified atom stereocenters. The maximum absolute atomic E-state index is 12.4. The number of carbonyl (C=O) groups excluding carboxylic acids is 1. The van der Waals surface area contributed by atoms with Gasteiger partial charge in [0, 0.05) is 30.3 Å². The summed E-state index contributed by atoms with van der Waals surface area (Å²) in [7, 11) is 0. The molecular formula is C22H26N4O2S. The smallest absolute Gasteiger partial charge is 0.248 e. The van der Waals surface area contributed by atoms with Gasteiger partial charge in [0.25, 0.3) is 0 Å². The van der Waals surface area contributed by atoms with Crippen LogP contribution in [0.2, 0.25) is 0 Å². The number of carbonyl (C=O) groups is 1. The number of aromatic nitrogens is 2. The van der Waals surface area contributed by atoms with Crippen molar-refractivity contribution >= 4 is 17.2 Å².